The lowest BCUT2D eigenvalue weighted by Gasteiger charge is -2.18. The van der Waals surface area contributed by atoms with Crippen LogP contribution >= 0.6 is 0 Å². The molecular weight excluding hydrogens is 648 g/mol. The lowest BCUT2D eigenvalue weighted by Crippen LogP contribution is -2.30. The number of unbranched alkanes of at least 4 members (excludes halogenated alkanes) is 28. The summed E-state index contributed by atoms with van der Waals surface area (Å²) in [6.45, 7) is 8.95. The minimum absolute atomic E-state index is 0.0640. The van der Waals surface area contributed by atoms with Crippen molar-refractivity contribution in [3.63, 3.8) is 0 Å². The highest BCUT2D eigenvalue weighted by atomic mass is 16.6. The van der Waals surface area contributed by atoms with Crippen LogP contribution in [-0.4, -0.2) is 37.2 Å². The number of hydrogen-bond acceptors (Lipinski definition) is 6. The Morgan fingerprint density at radius 3 is 0.942 bits per heavy atom. The van der Waals surface area contributed by atoms with E-state index < -0.39 is 6.10 Å². The minimum atomic E-state index is -0.758. The first-order valence-electron chi connectivity index (χ1n) is 22.9. The average molecular weight is 737 g/mol. The van der Waals surface area contributed by atoms with E-state index in [2.05, 4.69) is 27.7 Å². The Morgan fingerprint density at radius 1 is 0.365 bits per heavy atom. The largest absolute Gasteiger partial charge is 0.462 e. The quantitative estimate of drug-likeness (QED) is 0.0353. The molecule has 0 aromatic heterocycles. The van der Waals surface area contributed by atoms with Crippen LogP contribution in [0, 0.1) is 5.92 Å². The van der Waals surface area contributed by atoms with Gasteiger partial charge in [-0.25, -0.2) is 0 Å². The minimum Gasteiger partial charge on any atom is -0.462 e. The topological polar surface area (TPSA) is 78.9 Å². The van der Waals surface area contributed by atoms with Gasteiger partial charge in [0.05, 0.1) is 0 Å². The molecule has 0 aromatic carbocycles. The summed E-state index contributed by atoms with van der Waals surface area (Å²) in [5.41, 5.74) is 0. The van der Waals surface area contributed by atoms with Gasteiger partial charge in [0.2, 0.25) is 0 Å². The Kier molecular flexibility index (Phi) is 39.4. The van der Waals surface area contributed by atoms with E-state index in [1.807, 2.05) is 0 Å². The summed E-state index contributed by atoms with van der Waals surface area (Å²) >= 11 is 0. The highest BCUT2D eigenvalue weighted by Gasteiger charge is 2.19. The molecular formula is C46H88O6. The van der Waals surface area contributed by atoms with E-state index in [4.69, 9.17) is 14.2 Å². The molecule has 0 aliphatic carbocycles. The fraction of sp³-hybridized carbons (Fsp3) is 0.935. The van der Waals surface area contributed by atoms with E-state index in [1.165, 1.54) is 148 Å². The first-order valence-corrected chi connectivity index (χ1v) is 22.9. The van der Waals surface area contributed by atoms with Crippen LogP contribution in [0.25, 0.3) is 0 Å². The van der Waals surface area contributed by atoms with E-state index >= 15 is 0 Å². The smallest absolute Gasteiger partial charge is 0.306 e. The van der Waals surface area contributed by atoms with Crippen LogP contribution in [0.2, 0.25) is 0 Å². The summed E-state index contributed by atoms with van der Waals surface area (Å²) in [6.07, 6.45) is 39.5. The van der Waals surface area contributed by atoms with Crippen LogP contribution < -0.4 is 0 Å². The molecule has 6 nitrogen and oxygen atoms in total. The van der Waals surface area contributed by atoms with Crippen LogP contribution in [0.5, 0.6) is 0 Å². The average Bonchev–Trinajstić information content (AvgIpc) is 3.12. The number of ether oxygens (including phenoxy) is 3. The molecule has 6 heteroatoms. The van der Waals surface area contributed by atoms with E-state index in [1.54, 1.807) is 0 Å². The van der Waals surface area contributed by atoms with Crippen molar-refractivity contribution < 1.29 is 28.6 Å². The van der Waals surface area contributed by atoms with Crippen molar-refractivity contribution in [2.45, 2.75) is 259 Å². The third-order valence-electron chi connectivity index (χ3n) is 10.3. The Balaban J connectivity index is 4.26. The molecule has 0 unspecified atom stereocenters. The summed E-state index contributed by atoms with van der Waals surface area (Å²) in [4.78, 5) is 37.6. The molecule has 0 amide bonds. The second kappa shape index (κ2) is 40.6. The van der Waals surface area contributed by atoms with Gasteiger partial charge in [0.15, 0.2) is 6.10 Å². The number of esters is 3. The van der Waals surface area contributed by atoms with Gasteiger partial charge in [-0.05, 0) is 25.2 Å². The summed E-state index contributed by atoms with van der Waals surface area (Å²) in [5, 5.41) is 0. The van der Waals surface area contributed by atoms with Crippen LogP contribution in [0.1, 0.15) is 252 Å². The Bertz CT molecular complexity index is 781. The van der Waals surface area contributed by atoms with Gasteiger partial charge in [-0.15, -0.1) is 0 Å². The third kappa shape index (κ3) is 39.6. The van der Waals surface area contributed by atoms with Crippen LogP contribution in [-0.2, 0) is 28.6 Å². The van der Waals surface area contributed by atoms with E-state index in [-0.39, 0.29) is 31.1 Å². The lowest BCUT2D eigenvalue weighted by molar-refractivity contribution is -0.167. The molecule has 0 saturated heterocycles. The fourth-order valence-electron chi connectivity index (χ4n) is 6.80. The van der Waals surface area contributed by atoms with Gasteiger partial charge in [-0.3, -0.25) is 14.4 Å². The van der Waals surface area contributed by atoms with E-state index in [0.29, 0.717) is 19.3 Å². The van der Waals surface area contributed by atoms with Gasteiger partial charge in [-0.2, -0.15) is 0 Å². The van der Waals surface area contributed by atoms with Crippen LogP contribution in [0.4, 0.5) is 0 Å². The lowest BCUT2D eigenvalue weighted by atomic mass is 10.0. The van der Waals surface area contributed by atoms with Gasteiger partial charge in [0.25, 0.3) is 0 Å². The first kappa shape index (κ1) is 50.4. The predicted octanol–water partition coefficient (Wildman–Crippen LogP) is 14.3. The number of carbonyl (C=O) groups is 3. The Labute approximate surface area is 323 Å². The first-order chi connectivity index (χ1) is 25.4. The molecule has 0 N–H and O–H groups in total. The van der Waals surface area contributed by atoms with Gasteiger partial charge >= 0.3 is 17.9 Å². The highest BCUT2D eigenvalue weighted by Crippen LogP contribution is 2.16. The van der Waals surface area contributed by atoms with Crippen molar-refractivity contribution in [2.24, 2.45) is 5.92 Å². The second-order valence-corrected chi connectivity index (χ2v) is 16.2. The van der Waals surface area contributed by atoms with Crippen molar-refractivity contribution in [1.29, 1.82) is 0 Å². The van der Waals surface area contributed by atoms with Crippen LogP contribution in [0.3, 0.4) is 0 Å². The van der Waals surface area contributed by atoms with Gasteiger partial charge in [0.1, 0.15) is 13.2 Å². The molecule has 0 bridgehead atoms. The van der Waals surface area contributed by atoms with Crippen molar-refractivity contribution in [3.05, 3.63) is 0 Å². The molecule has 0 aliphatic heterocycles. The zero-order chi connectivity index (χ0) is 38.2. The molecule has 1 atom stereocenters. The second-order valence-electron chi connectivity index (χ2n) is 16.2. The molecule has 0 rings (SSSR count). The number of carbonyl (C=O) groups excluding carboxylic acids is 3. The van der Waals surface area contributed by atoms with Crippen molar-refractivity contribution in [2.75, 3.05) is 13.2 Å². The maximum Gasteiger partial charge on any atom is 0.306 e. The molecule has 0 fully saturated rings. The van der Waals surface area contributed by atoms with Crippen molar-refractivity contribution in [3.8, 4) is 0 Å². The van der Waals surface area contributed by atoms with E-state index in [9.17, 15) is 14.4 Å². The summed E-state index contributed by atoms with van der Waals surface area (Å²) in [6, 6.07) is 0. The molecule has 0 aliphatic rings. The summed E-state index contributed by atoms with van der Waals surface area (Å²) in [7, 11) is 0. The molecule has 0 heterocycles. The Morgan fingerprint density at radius 2 is 0.635 bits per heavy atom. The zero-order valence-corrected chi connectivity index (χ0v) is 35.3. The molecule has 52 heavy (non-hydrogen) atoms. The Hall–Kier alpha value is -1.59. The van der Waals surface area contributed by atoms with Crippen molar-refractivity contribution >= 4 is 17.9 Å². The maximum absolute atomic E-state index is 12.7. The molecule has 0 saturated carbocycles. The molecule has 0 radical (unpaired) electrons. The van der Waals surface area contributed by atoms with Crippen molar-refractivity contribution in [1.82, 2.24) is 0 Å². The SMILES string of the molecule is CCCCCCCCCCCCCCCC(=O)OC[C@@H](COC(=O)CCCCCCCCC)OC(=O)CCCCCCCCCCCCCC(C)C. The monoisotopic (exact) mass is 737 g/mol. The zero-order valence-electron chi connectivity index (χ0n) is 35.3. The molecule has 0 aromatic rings. The maximum atomic E-state index is 12.7. The van der Waals surface area contributed by atoms with E-state index in [0.717, 1.165) is 63.7 Å². The van der Waals surface area contributed by atoms with Gasteiger partial charge in [-0.1, -0.05) is 214 Å². The fourth-order valence-corrected chi connectivity index (χ4v) is 6.80. The standard InChI is InChI=1S/C46H88O6/c1-5-7-9-11-13-14-15-16-19-22-26-30-34-38-45(48)51-41-43(40-50-44(47)37-33-29-24-12-10-8-6-2)52-46(49)39-35-31-27-23-20-17-18-21-25-28-32-36-42(3)4/h42-43H,5-41H2,1-4H3/t43-/m1/s1. The molecule has 0 spiro atoms. The summed E-state index contributed by atoms with van der Waals surface area (Å²) < 4.78 is 16.7. The normalized spacial score (nSPS) is 11.9. The molecule has 308 valence electrons. The van der Waals surface area contributed by atoms with Gasteiger partial charge in [0, 0.05) is 19.3 Å². The highest BCUT2D eigenvalue weighted by molar-refractivity contribution is 5.71. The number of rotatable bonds is 41. The number of hydrogen-bond donors (Lipinski definition) is 0. The van der Waals surface area contributed by atoms with Gasteiger partial charge < -0.3 is 14.2 Å². The van der Waals surface area contributed by atoms with Crippen LogP contribution in [0.15, 0.2) is 0 Å². The predicted molar refractivity (Wildman–Crippen MR) is 220 cm³/mol. The summed E-state index contributed by atoms with van der Waals surface area (Å²) in [5.74, 6) is -0.0348. The third-order valence-corrected chi connectivity index (χ3v) is 10.3.